The fourth-order valence-electron chi connectivity index (χ4n) is 1.32. The molecular weight excluding hydrogens is 138 g/mol. The van der Waals surface area contributed by atoms with Gasteiger partial charge in [0, 0.05) is 0 Å². The maximum absolute atomic E-state index is 9.42. The van der Waals surface area contributed by atoms with Crippen LogP contribution in [0.5, 0.6) is 0 Å². The average molecular weight is 151 g/mol. The zero-order valence-electron chi connectivity index (χ0n) is 6.53. The largest absolute Gasteiger partial charge is 0.392 e. The third-order valence-corrected chi connectivity index (χ3v) is 2.07. The van der Waals surface area contributed by atoms with Crippen molar-refractivity contribution >= 4 is 0 Å². The van der Waals surface area contributed by atoms with E-state index in [1.165, 1.54) is 0 Å². The number of aliphatic hydroxyl groups excluding tert-OH is 1. The van der Waals surface area contributed by atoms with Crippen LogP contribution < -0.4 is 0 Å². The quantitative estimate of drug-likeness (QED) is 0.534. The summed E-state index contributed by atoms with van der Waals surface area (Å²) in [4.78, 5) is 0. The Morgan fingerprint density at radius 1 is 1.27 bits per heavy atom. The van der Waals surface area contributed by atoms with Crippen molar-refractivity contribution < 1.29 is 5.11 Å². The van der Waals surface area contributed by atoms with E-state index < -0.39 is 6.10 Å². The van der Waals surface area contributed by atoms with Gasteiger partial charge < -0.3 is 5.11 Å². The lowest BCUT2D eigenvalue weighted by molar-refractivity contribution is 0.120. The lowest BCUT2D eigenvalue weighted by Gasteiger charge is -2.16. The summed E-state index contributed by atoms with van der Waals surface area (Å²) in [5.41, 5.74) is 0. The number of allylic oxidation sites excluding steroid dienone is 2. The molecular formula is C9H13NO. The van der Waals surface area contributed by atoms with Crippen molar-refractivity contribution in [1.82, 2.24) is 0 Å². The van der Waals surface area contributed by atoms with Crippen molar-refractivity contribution in [2.45, 2.75) is 31.8 Å². The number of hydrogen-bond donors (Lipinski definition) is 1. The second-order valence-electron chi connectivity index (χ2n) is 2.93. The van der Waals surface area contributed by atoms with Gasteiger partial charge in [0.05, 0.1) is 18.1 Å². The highest BCUT2D eigenvalue weighted by atomic mass is 16.3. The van der Waals surface area contributed by atoms with Crippen molar-refractivity contribution in [3.63, 3.8) is 0 Å². The molecule has 1 N–H and O–H groups in total. The van der Waals surface area contributed by atoms with E-state index in [1.54, 1.807) is 0 Å². The molecule has 1 aliphatic rings. The zero-order valence-corrected chi connectivity index (χ0v) is 6.53. The van der Waals surface area contributed by atoms with E-state index in [2.05, 4.69) is 18.2 Å². The van der Waals surface area contributed by atoms with Crippen molar-refractivity contribution in [2.75, 3.05) is 0 Å². The van der Waals surface area contributed by atoms with Crippen LogP contribution in [0.1, 0.15) is 25.7 Å². The molecule has 2 nitrogen and oxygen atoms in total. The molecule has 0 unspecified atom stereocenters. The molecule has 0 heterocycles. The van der Waals surface area contributed by atoms with Gasteiger partial charge in [-0.3, -0.25) is 0 Å². The van der Waals surface area contributed by atoms with Gasteiger partial charge in [0.1, 0.15) is 0 Å². The molecule has 0 saturated heterocycles. The van der Waals surface area contributed by atoms with Gasteiger partial charge in [-0.2, -0.15) is 5.26 Å². The molecule has 60 valence electrons. The van der Waals surface area contributed by atoms with Crippen LogP contribution in [0, 0.1) is 17.2 Å². The predicted molar refractivity (Wildman–Crippen MR) is 42.7 cm³/mol. The van der Waals surface area contributed by atoms with Gasteiger partial charge in [-0.25, -0.2) is 0 Å². The zero-order chi connectivity index (χ0) is 8.10. The van der Waals surface area contributed by atoms with Gasteiger partial charge in [-0.1, -0.05) is 12.2 Å². The van der Waals surface area contributed by atoms with Crippen LogP contribution in [0.15, 0.2) is 12.2 Å². The number of hydrogen-bond acceptors (Lipinski definition) is 2. The summed E-state index contributed by atoms with van der Waals surface area (Å²) in [6.45, 7) is 0. The van der Waals surface area contributed by atoms with Crippen LogP contribution in [0.2, 0.25) is 0 Å². The topological polar surface area (TPSA) is 44.0 Å². The summed E-state index contributed by atoms with van der Waals surface area (Å²) in [7, 11) is 0. The maximum atomic E-state index is 9.42. The minimum absolute atomic E-state index is 0.153. The first-order valence-corrected chi connectivity index (χ1v) is 4.07. The van der Waals surface area contributed by atoms with Crippen LogP contribution in [-0.4, -0.2) is 11.2 Å². The van der Waals surface area contributed by atoms with Gasteiger partial charge in [-0.15, -0.1) is 0 Å². The first-order valence-electron chi connectivity index (χ1n) is 4.07. The maximum Gasteiger partial charge on any atom is 0.0725 e. The molecule has 0 aromatic heterocycles. The lowest BCUT2D eigenvalue weighted by atomic mass is 9.93. The molecule has 0 radical (unpaired) electrons. The van der Waals surface area contributed by atoms with Crippen LogP contribution in [-0.2, 0) is 0 Å². The molecule has 0 amide bonds. The van der Waals surface area contributed by atoms with Crippen molar-refractivity contribution in [2.24, 2.45) is 5.92 Å². The van der Waals surface area contributed by atoms with Crippen LogP contribution in [0.3, 0.4) is 0 Å². The Morgan fingerprint density at radius 2 is 1.91 bits per heavy atom. The van der Waals surface area contributed by atoms with E-state index in [-0.39, 0.29) is 5.92 Å². The second-order valence-corrected chi connectivity index (χ2v) is 2.93. The minimum atomic E-state index is -0.412. The van der Waals surface area contributed by atoms with E-state index >= 15 is 0 Å². The second kappa shape index (κ2) is 4.15. The molecule has 1 aliphatic carbocycles. The summed E-state index contributed by atoms with van der Waals surface area (Å²) in [6, 6.07) is 2.14. The van der Waals surface area contributed by atoms with E-state index in [9.17, 15) is 5.11 Å². The monoisotopic (exact) mass is 151 g/mol. The molecule has 0 aromatic rings. The Morgan fingerprint density at radius 3 is 2.55 bits per heavy atom. The molecule has 0 fully saturated rings. The first-order chi connectivity index (χ1) is 5.34. The van der Waals surface area contributed by atoms with Crippen LogP contribution in [0.25, 0.3) is 0 Å². The van der Waals surface area contributed by atoms with Crippen LogP contribution in [0.4, 0.5) is 0 Å². The van der Waals surface area contributed by atoms with Crippen molar-refractivity contribution in [1.29, 1.82) is 5.26 Å². The summed E-state index contributed by atoms with van der Waals surface area (Å²) >= 11 is 0. The average Bonchev–Trinajstić information content (AvgIpc) is 1.98. The Labute approximate surface area is 67.2 Å². The third kappa shape index (κ3) is 2.36. The highest BCUT2D eigenvalue weighted by Gasteiger charge is 2.17. The molecule has 0 aliphatic heterocycles. The molecule has 11 heavy (non-hydrogen) atoms. The smallest absolute Gasteiger partial charge is 0.0725 e. The Balaban J connectivity index is 2.52. The number of nitriles is 1. The van der Waals surface area contributed by atoms with Crippen molar-refractivity contribution in [3.05, 3.63) is 12.2 Å². The highest BCUT2D eigenvalue weighted by Crippen LogP contribution is 2.18. The molecule has 1 rings (SSSR count). The summed E-state index contributed by atoms with van der Waals surface area (Å²) in [5, 5.41) is 18.1. The van der Waals surface area contributed by atoms with E-state index in [4.69, 9.17) is 5.26 Å². The summed E-state index contributed by atoms with van der Waals surface area (Å²) < 4.78 is 0. The molecule has 0 aromatic carbocycles. The van der Waals surface area contributed by atoms with E-state index in [1.807, 2.05) is 0 Å². The number of aliphatic hydroxyl groups is 1. The lowest BCUT2D eigenvalue weighted by Crippen LogP contribution is -2.19. The fourth-order valence-corrected chi connectivity index (χ4v) is 1.32. The third-order valence-electron chi connectivity index (χ3n) is 2.07. The highest BCUT2D eigenvalue weighted by molar-refractivity contribution is 4.95. The number of rotatable bonds is 0. The number of nitrogens with zero attached hydrogens (tertiary/aromatic N) is 1. The normalized spacial score (nSPS) is 32.0. The van der Waals surface area contributed by atoms with Gasteiger partial charge in [0.25, 0.3) is 0 Å². The molecule has 2 atom stereocenters. The van der Waals surface area contributed by atoms with Crippen molar-refractivity contribution in [3.8, 4) is 6.07 Å². The molecule has 2 heteroatoms. The first kappa shape index (κ1) is 8.29. The van der Waals surface area contributed by atoms with Gasteiger partial charge in [0.15, 0.2) is 0 Å². The standard InChI is InChI=1S/C9H13NO/c10-7-8-5-3-1-2-4-6-9(8)11/h1-2,8-9,11H,3-6H2/t8-,9-/m1/s1. The van der Waals surface area contributed by atoms with E-state index in [0.717, 1.165) is 25.7 Å². The van der Waals surface area contributed by atoms with Crippen LogP contribution >= 0.6 is 0 Å². The molecule has 0 bridgehead atoms. The van der Waals surface area contributed by atoms with Gasteiger partial charge >= 0.3 is 0 Å². The summed E-state index contributed by atoms with van der Waals surface area (Å²) in [5.74, 6) is -0.153. The summed E-state index contributed by atoms with van der Waals surface area (Å²) in [6.07, 6.45) is 7.12. The van der Waals surface area contributed by atoms with E-state index in [0.29, 0.717) is 0 Å². The Hall–Kier alpha value is -0.810. The fraction of sp³-hybridized carbons (Fsp3) is 0.667. The minimum Gasteiger partial charge on any atom is -0.392 e. The Kier molecular flexibility index (Phi) is 3.13. The Bertz CT molecular complexity index is 180. The molecule has 0 saturated carbocycles. The van der Waals surface area contributed by atoms with Gasteiger partial charge in [0.2, 0.25) is 0 Å². The SMILES string of the molecule is N#C[C@H]1CCC=CCC[C@H]1O. The predicted octanol–water partition coefficient (Wildman–Crippen LogP) is 1.62. The van der Waals surface area contributed by atoms with Gasteiger partial charge in [-0.05, 0) is 25.7 Å². The molecule has 0 spiro atoms.